The molecular formula is C15H23FN2O3S. The molecule has 0 aromatic heterocycles. The van der Waals surface area contributed by atoms with E-state index in [1.807, 2.05) is 13.8 Å². The van der Waals surface area contributed by atoms with E-state index < -0.39 is 15.8 Å². The molecule has 2 atom stereocenters. The molecule has 1 heterocycles. The summed E-state index contributed by atoms with van der Waals surface area (Å²) in [4.78, 5) is 1.96. The van der Waals surface area contributed by atoms with Gasteiger partial charge in [-0.2, -0.15) is 0 Å². The Labute approximate surface area is 131 Å². The fraction of sp³-hybridized carbons (Fsp3) is 0.600. The number of morpholine rings is 1. The number of nitrogens with one attached hydrogen (secondary N) is 1. The maximum Gasteiger partial charge on any atom is 0.243 e. The highest BCUT2D eigenvalue weighted by Gasteiger charge is 2.22. The van der Waals surface area contributed by atoms with Crippen molar-refractivity contribution >= 4 is 10.0 Å². The largest absolute Gasteiger partial charge is 0.373 e. The summed E-state index contributed by atoms with van der Waals surface area (Å²) in [5.41, 5.74) is 0. The zero-order valence-electron chi connectivity index (χ0n) is 13.0. The van der Waals surface area contributed by atoms with Gasteiger partial charge in [0.1, 0.15) is 10.7 Å². The van der Waals surface area contributed by atoms with Gasteiger partial charge in [0.25, 0.3) is 0 Å². The molecular weight excluding hydrogens is 307 g/mol. The first-order valence-corrected chi connectivity index (χ1v) is 8.99. The van der Waals surface area contributed by atoms with E-state index >= 15 is 0 Å². The lowest BCUT2D eigenvalue weighted by Crippen LogP contribution is -2.46. The number of hydrogen-bond acceptors (Lipinski definition) is 4. The summed E-state index contributed by atoms with van der Waals surface area (Å²) in [5.74, 6) is -0.731. The van der Waals surface area contributed by atoms with E-state index in [4.69, 9.17) is 4.74 Å². The standard InChI is InChI=1S/C15H23FN2O3S/c1-12-10-18(11-13(2)21-12)9-5-8-17-22(19,20)15-7-4-3-6-14(15)16/h3-4,6-7,12-13,17H,5,8-11H2,1-2H3. The van der Waals surface area contributed by atoms with E-state index in [1.165, 1.54) is 18.2 Å². The molecule has 1 saturated heterocycles. The Morgan fingerprint density at radius 1 is 1.27 bits per heavy atom. The zero-order valence-corrected chi connectivity index (χ0v) is 13.8. The van der Waals surface area contributed by atoms with Gasteiger partial charge in [0, 0.05) is 19.6 Å². The van der Waals surface area contributed by atoms with Gasteiger partial charge < -0.3 is 4.74 Å². The van der Waals surface area contributed by atoms with E-state index in [9.17, 15) is 12.8 Å². The predicted octanol–water partition coefficient (Wildman–Crippen LogP) is 1.60. The van der Waals surface area contributed by atoms with Gasteiger partial charge in [-0.05, 0) is 38.9 Å². The highest BCUT2D eigenvalue weighted by molar-refractivity contribution is 7.89. The average molecular weight is 330 g/mol. The van der Waals surface area contributed by atoms with Gasteiger partial charge in [-0.3, -0.25) is 4.90 Å². The highest BCUT2D eigenvalue weighted by atomic mass is 32.2. The van der Waals surface area contributed by atoms with Crippen LogP contribution in [0.25, 0.3) is 0 Å². The lowest BCUT2D eigenvalue weighted by atomic mass is 10.2. The molecule has 22 heavy (non-hydrogen) atoms. The first-order chi connectivity index (χ1) is 10.4. The summed E-state index contributed by atoms with van der Waals surface area (Å²) in [7, 11) is -3.78. The summed E-state index contributed by atoms with van der Waals surface area (Å²) in [5, 5.41) is 0. The second-order valence-corrected chi connectivity index (χ2v) is 7.43. The fourth-order valence-electron chi connectivity index (χ4n) is 2.72. The summed E-state index contributed by atoms with van der Waals surface area (Å²) < 4.78 is 45.7. The van der Waals surface area contributed by atoms with E-state index in [0.717, 1.165) is 25.7 Å². The number of halogens is 1. The number of rotatable bonds is 6. The molecule has 7 heteroatoms. The first kappa shape index (κ1) is 17.3. The monoisotopic (exact) mass is 330 g/mol. The normalized spacial score (nSPS) is 23.6. The van der Waals surface area contributed by atoms with Crippen LogP contribution in [0.1, 0.15) is 20.3 Å². The van der Waals surface area contributed by atoms with Crippen molar-refractivity contribution in [2.24, 2.45) is 0 Å². The third-order valence-electron chi connectivity index (χ3n) is 3.56. The van der Waals surface area contributed by atoms with Crippen molar-refractivity contribution in [3.63, 3.8) is 0 Å². The Kier molecular flexibility index (Phi) is 5.91. The van der Waals surface area contributed by atoms with Gasteiger partial charge >= 0.3 is 0 Å². The summed E-state index contributed by atoms with van der Waals surface area (Å²) in [6, 6.07) is 5.39. The lowest BCUT2D eigenvalue weighted by molar-refractivity contribution is -0.0679. The maximum absolute atomic E-state index is 13.5. The number of sulfonamides is 1. The third kappa shape index (κ3) is 4.74. The Morgan fingerprint density at radius 2 is 1.91 bits per heavy atom. The second-order valence-electron chi connectivity index (χ2n) is 5.70. The summed E-state index contributed by atoms with van der Waals surface area (Å²) in [6.45, 7) is 6.84. The Bertz CT molecular complexity index is 584. The smallest absolute Gasteiger partial charge is 0.243 e. The molecule has 0 aliphatic carbocycles. The SMILES string of the molecule is CC1CN(CCCNS(=O)(=O)c2ccccc2F)CC(C)O1. The molecule has 124 valence electrons. The van der Waals surface area contributed by atoms with Crippen LogP contribution in [0.15, 0.2) is 29.2 Å². The van der Waals surface area contributed by atoms with Crippen LogP contribution in [-0.4, -0.2) is 51.7 Å². The minimum absolute atomic E-state index is 0.193. The van der Waals surface area contributed by atoms with Crippen molar-refractivity contribution < 1.29 is 17.5 Å². The van der Waals surface area contributed by atoms with Crippen molar-refractivity contribution in [2.45, 2.75) is 37.4 Å². The Hall–Kier alpha value is -1.02. The number of nitrogens with zero attached hydrogens (tertiary/aromatic N) is 1. The van der Waals surface area contributed by atoms with E-state index in [2.05, 4.69) is 9.62 Å². The topological polar surface area (TPSA) is 58.6 Å². The van der Waals surface area contributed by atoms with Crippen LogP contribution in [-0.2, 0) is 14.8 Å². The van der Waals surface area contributed by atoms with Crippen molar-refractivity contribution in [2.75, 3.05) is 26.2 Å². The number of ether oxygens (including phenoxy) is 1. The van der Waals surface area contributed by atoms with Gasteiger partial charge in [-0.25, -0.2) is 17.5 Å². The minimum atomic E-state index is -3.78. The Morgan fingerprint density at radius 3 is 2.55 bits per heavy atom. The van der Waals surface area contributed by atoms with E-state index in [1.54, 1.807) is 0 Å². The molecule has 5 nitrogen and oxygen atoms in total. The van der Waals surface area contributed by atoms with Gasteiger partial charge in [0.05, 0.1) is 12.2 Å². The summed E-state index contributed by atoms with van der Waals surface area (Å²) >= 11 is 0. The van der Waals surface area contributed by atoms with Crippen molar-refractivity contribution in [1.82, 2.24) is 9.62 Å². The van der Waals surface area contributed by atoms with Crippen LogP contribution in [0.5, 0.6) is 0 Å². The van der Waals surface area contributed by atoms with Crippen LogP contribution >= 0.6 is 0 Å². The third-order valence-corrected chi connectivity index (χ3v) is 5.06. The molecule has 0 radical (unpaired) electrons. The number of benzene rings is 1. The molecule has 1 aliphatic rings. The van der Waals surface area contributed by atoms with Crippen LogP contribution in [0, 0.1) is 5.82 Å². The molecule has 0 amide bonds. The average Bonchev–Trinajstić information content (AvgIpc) is 2.43. The van der Waals surface area contributed by atoms with E-state index in [-0.39, 0.29) is 23.6 Å². The molecule has 2 unspecified atom stereocenters. The van der Waals surface area contributed by atoms with Crippen molar-refractivity contribution in [3.8, 4) is 0 Å². The fourth-order valence-corrected chi connectivity index (χ4v) is 3.87. The molecule has 1 aromatic rings. The van der Waals surface area contributed by atoms with Gasteiger partial charge in [0.2, 0.25) is 10.0 Å². The van der Waals surface area contributed by atoms with Gasteiger partial charge in [0.15, 0.2) is 0 Å². The molecule has 2 rings (SSSR count). The predicted molar refractivity (Wildman–Crippen MR) is 82.7 cm³/mol. The van der Waals surface area contributed by atoms with Gasteiger partial charge in [-0.1, -0.05) is 12.1 Å². The second kappa shape index (κ2) is 7.50. The van der Waals surface area contributed by atoms with Gasteiger partial charge in [-0.15, -0.1) is 0 Å². The molecule has 1 fully saturated rings. The van der Waals surface area contributed by atoms with Crippen LogP contribution in [0.3, 0.4) is 0 Å². The molecule has 1 N–H and O–H groups in total. The highest BCUT2D eigenvalue weighted by Crippen LogP contribution is 2.13. The van der Waals surface area contributed by atoms with Crippen LogP contribution in [0.4, 0.5) is 4.39 Å². The number of hydrogen-bond donors (Lipinski definition) is 1. The molecule has 1 aliphatic heterocycles. The van der Waals surface area contributed by atoms with Crippen molar-refractivity contribution in [3.05, 3.63) is 30.1 Å². The van der Waals surface area contributed by atoms with E-state index in [0.29, 0.717) is 6.42 Å². The van der Waals surface area contributed by atoms with Crippen LogP contribution in [0.2, 0.25) is 0 Å². The minimum Gasteiger partial charge on any atom is -0.373 e. The zero-order chi connectivity index (χ0) is 16.2. The molecule has 0 bridgehead atoms. The lowest BCUT2D eigenvalue weighted by Gasteiger charge is -2.35. The first-order valence-electron chi connectivity index (χ1n) is 7.50. The maximum atomic E-state index is 13.5. The molecule has 1 aromatic carbocycles. The summed E-state index contributed by atoms with van der Waals surface area (Å²) in [6.07, 6.45) is 1.06. The quantitative estimate of drug-likeness (QED) is 0.805. The molecule has 0 saturated carbocycles. The molecule has 0 spiro atoms. The van der Waals surface area contributed by atoms with Crippen LogP contribution < -0.4 is 4.72 Å². The van der Waals surface area contributed by atoms with Crippen molar-refractivity contribution in [1.29, 1.82) is 0 Å². The Balaban J connectivity index is 1.80.